The van der Waals surface area contributed by atoms with Crippen LogP contribution in [0.2, 0.25) is 0 Å². The molecule has 0 unspecified atom stereocenters. The fourth-order valence-corrected chi connectivity index (χ4v) is 9.73. The van der Waals surface area contributed by atoms with Crippen LogP contribution in [0.5, 0.6) is 0 Å². The Balaban J connectivity index is 1.10. The lowest BCUT2D eigenvalue weighted by Gasteiger charge is -2.18. The van der Waals surface area contributed by atoms with Crippen molar-refractivity contribution in [1.29, 1.82) is 0 Å². The summed E-state index contributed by atoms with van der Waals surface area (Å²) < 4.78 is 5.43. The van der Waals surface area contributed by atoms with E-state index in [1.165, 1.54) is 95.3 Å². The van der Waals surface area contributed by atoms with Crippen LogP contribution in [0.25, 0.3) is 95.3 Å². The minimum absolute atomic E-state index is 1.24. The normalized spacial score (nSPS) is 11.9. The van der Waals surface area contributed by atoms with Gasteiger partial charge >= 0.3 is 0 Å². The predicted octanol–water partition coefficient (Wildman–Crippen LogP) is 13.7. The zero-order valence-electron chi connectivity index (χ0n) is 24.8. The Morgan fingerprint density at radius 1 is 0.239 bits per heavy atom. The molecule has 0 bridgehead atoms. The third-order valence-electron chi connectivity index (χ3n) is 9.47. The molecule has 0 N–H and O–H groups in total. The van der Waals surface area contributed by atoms with E-state index >= 15 is 0 Å². The van der Waals surface area contributed by atoms with E-state index in [4.69, 9.17) is 0 Å². The fourth-order valence-electron chi connectivity index (χ4n) is 7.36. The summed E-state index contributed by atoms with van der Waals surface area (Å²) >= 11 is 3.80. The van der Waals surface area contributed by atoms with Gasteiger partial charge in [0.2, 0.25) is 0 Å². The summed E-state index contributed by atoms with van der Waals surface area (Å²) in [6.45, 7) is 0. The monoisotopic (exact) mass is 618 g/mol. The second kappa shape index (κ2) is 10.1. The molecule has 0 amide bonds. The van der Waals surface area contributed by atoms with Gasteiger partial charge in [-0.3, -0.25) is 0 Å². The van der Waals surface area contributed by atoms with Crippen LogP contribution in [-0.2, 0) is 0 Å². The zero-order valence-corrected chi connectivity index (χ0v) is 26.5. The van der Waals surface area contributed by atoms with Crippen molar-refractivity contribution in [1.82, 2.24) is 0 Å². The molecule has 8 aromatic carbocycles. The second-order valence-electron chi connectivity index (χ2n) is 12.0. The lowest BCUT2D eigenvalue weighted by molar-refractivity contribution is 1.63. The van der Waals surface area contributed by atoms with E-state index in [9.17, 15) is 0 Å². The molecule has 0 radical (unpaired) electrons. The molecule has 0 aliphatic heterocycles. The summed E-state index contributed by atoms with van der Waals surface area (Å²) in [6, 6.07) is 58.3. The van der Waals surface area contributed by atoms with E-state index in [2.05, 4.69) is 158 Å². The highest BCUT2D eigenvalue weighted by molar-refractivity contribution is 7.28. The van der Waals surface area contributed by atoms with Gasteiger partial charge in [-0.25, -0.2) is 0 Å². The molecule has 10 rings (SSSR count). The first-order valence-electron chi connectivity index (χ1n) is 15.7. The minimum atomic E-state index is 1.24. The number of thiophene rings is 2. The first-order valence-corrected chi connectivity index (χ1v) is 17.3. The molecule has 0 saturated heterocycles. The molecular weight excluding hydrogens is 593 g/mol. The third kappa shape index (κ3) is 3.91. The van der Waals surface area contributed by atoms with Gasteiger partial charge in [0.25, 0.3) is 0 Å². The SMILES string of the molecule is c1ccc(-c2c3ccccc3c(-c3ccc(-c4ccc5c(c4)sc4cc6sc7ccccc7c6cc45)cc3)c3ccccc23)cc1. The minimum Gasteiger partial charge on any atom is -0.135 e. The molecule has 46 heavy (non-hydrogen) atoms. The summed E-state index contributed by atoms with van der Waals surface area (Å²) in [6.07, 6.45) is 0. The Morgan fingerprint density at radius 3 is 1.30 bits per heavy atom. The Bertz CT molecular complexity index is 2720. The van der Waals surface area contributed by atoms with Crippen LogP contribution in [0.3, 0.4) is 0 Å². The van der Waals surface area contributed by atoms with Crippen LogP contribution >= 0.6 is 22.7 Å². The van der Waals surface area contributed by atoms with E-state index < -0.39 is 0 Å². The molecule has 2 heteroatoms. The van der Waals surface area contributed by atoms with E-state index in [1.54, 1.807) is 0 Å². The largest absolute Gasteiger partial charge is 0.135 e. The smallest absolute Gasteiger partial charge is 0.0369 e. The number of fused-ring (bicyclic) bond motifs is 8. The Morgan fingerprint density at radius 2 is 0.674 bits per heavy atom. The molecule has 10 aromatic rings. The van der Waals surface area contributed by atoms with Gasteiger partial charge in [-0.2, -0.15) is 0 Å². The predicted molar refractivity (Wildman–Crippen MR) is 204 cm³/mol. The van der Waals surface area contributed by atoms with Crippen molar-refractivity contribution < 1.29 is 0 Å². The Labute approximate surface area is 274 Å². The molecule has 0 spiro atoms. The first kappa shape index (κ1) is 26.0. The van der Waals surface area contributed by atoms with Gasteiger partial charge in [0.05, 0.1) is 0 Å². The summed E-state index contributed by atoms with van der Waals surface area (Å²) in [5.41, 5.74) is 7.59. The van der Waals surface area contributed by atoms with Crippen LogP contribution in [0, 0.1) is 0 Å². The number of hydrogen-bond acceptors (Lipinski definition) is 2. The lowest BCUT2D eigenvalue weighted by Crippen LogP contribution is -1.90. The summed E-state index contributed by atoms with van der Waals surface area (Å²) in [7, 11) is 0. The topological polar surface area (TPSA) is 0 Å². The number of benzene rings is 8. The lowest BCUT2D eigenvalue weighted by atomic mass is 9.86. The molecule has 2 heterocycles. The van der Waals surface area contributed by atoms with Gasteiger partial charge in [0.15, 0.2) is 0 Å². The number of hydrogen-bond donors (Lipinski definition) is 0. The van der Waals surface area contributed by atoms with Crippen molar-refractivity contribution in [3.63, 3.8) is 0 Å². The van der Waals surface area contributed by atoms with Gasteiger partial charge in [-0.05, 0) is 79.2 Å². The van der Waals surface area contributed by atoms with Crippen LogP contribution in [-0.4, -0.2) is 0 Å². The van der Waals surface area contributed by atoms with Crippen LogP contribution < -0.4 is 0 Å². The highest BCUT2D eigenvalue weighted by Crippen LogP contribution is 2.45. The summed E-state index contributed by atoms with van der Waals surface area (Å²) in [4.78, 5) is 0. The van der Waals surface area contributed by atoms with Gasteiger partial charge < -0.3 is 0 Å². The maximum Gasteiger partial charge on any atom is 0.0369 e. The number of rotatable bonds is 3. The van der Waals surface area contributed by atoms with Crippen molar-refractivity contribution in [2.45, 2.75) is 0 Å². The molecule has 0 atom stereocenters. The molecule has 0 fully saturated rings. The molecule has 0 aliphatic rings. The Hall–Kier alpha value is -5.28. The fraction of sp³-hybridized carbons (Fsp3) is 0. The quantitative estimate of drug-likeness (QED) is 0.173. The first-order chi connectivity index (χ1) is 22.8. The van der Waals surface area contributed by atoms with Crippen LogP contribution in [0.1, 0.15) is 0 Å². The maximum atomic E-state index is 2.41. The molecular formula is C44H26S2. The molecule has 2 aromatic heterocycles. The Kier molecular flexibility index (Phi) is 5.72. The van der Waals surface area contributed by atoms with E-state index in [0.717, 1.165) is 0 Å². The maximum absolute atomic E-state index is 2.41. The van der Waals surface area contributed by atoms with E-state index in [0.29, 0.717) is 0 Å². The average Bonchev–Trinajstić information content (AvgIpc) is 3.66. The average molecular weight is 619 g/mol. The van der Waals surface area contributed by atoms with Crippen LogP contribution in [0.15, 0.2) is 158 Å². The van der Waals surface area contributed by atoms with Crippen molar-refractivity contribution in [3.05, 3.63) is 158 Å². The van der Waals surface area contributed by atoms with Crippen LogP contribution in [0.4, 0.5) is 0 Å². The molecule has 0 aliphatic carbocycles. The molecule has 214 valence electrons. The molecule has 0 nitrogen and oxygen atoms in total. The van der Waals surface area contributed by atoms with Gasteiger partial charge in [0, 0.05) is 40.3 Å². The highest BCUT2D eigenvalue weighted by atomic mass is 32.1. The second-order valence-corrected chi connectivity index (χ2v) is 14.2. The van der Waals surface area contributed by atoms with Gasteiger partial charge in [-0.15, -0.1) is 22.7 Å². The van der Waals surface area contributed by atoms with Crippen molar-refractivity contribution in [2.75, 3.05) is 0 Å². The van der Waals surface area contributed by atoms with Gasteiger partial charge in [0.1, 0.15) is 0 Å². The van der Waals surface area contributed by atoms with E-state index in [1.807, 2.05) is 22.7 Å². The zero-order chi connectivity index (χ0) is 30.2. The third-order valence-corrected chi connectivity index (χ3v) is 11.7. The van der Waals surface area contributed by atoms with Crippen molar-refractivity contribution >= 4 is 84.6 Å². The van der Waals surface area contributed by atoms with Crippen molar-refractivity contribution in [3.8, 4) is 33.4 Å². The standard InChI is InChI=1S/C44H26S2/c1-2-10-28(11-3-1)43-33-13-4-6-15-35(33)44(36-16-7-5-14-34(36)43)29-20-18-27(19-21-29)30-22-23-32-38-25-37-31-12-8-9-17-39(31)45-41(37)26-42(38)46-40(32)24-30/h1-26H. The van der Waals surface area contributed by atoms with Crippen molar-refractivity contribution in [2.24, 2.45) is 0 Å². The van der Waals surface area contributed by atoms with E-state index in [-0.39, 0.29) is 0 Å². The molecule has 0 saturated carbocycles. The summed E-state index contributed by atoms with van der Waals surface area (Å²) in [5.74, 6) is 0. The summed E-state index contributed by atoms with van der Waals surface area (Å²) in [5, 5.41) is 10.6. The highest BCUT2D eigenvalue weighted by Gasteiger charge is 2.17. The van der Waals surface area contributed by atoms with Gasteiger partial charge in [-0.1, -0.05) is 133 Å².